The number of hydrogen-bond donors (Lipinski definition) is 3. The lowest BCUT2D eigenvalue weighted by molar-refractivity contribution is 0.0696. The fourth-order valence-corrected chi connectivity index (χ4v) is 3.31. The molecule has 0 heterocycles. The summed E-state index contributed by atoms with van der Waals surface area (Å²) in [5.74, 6) is 0.477. The van der Waals surface area contributed by atoms with Crippen molar-refractivity contribution in [1.29, 1.82) is 0 Å². The van der Waals surface area contributed by atoms with Crippen LogP contribution in [0.2, 0.25) is 0 Å². The van der Waals surface area contributed by atoms with Gasteiger partial charge in [0.2, 0.25) is 0 Å². The first kappa shape index (κ1) is 25.3. The zero-order valence-corrected chi connectivity index (χ0v) is 19.5. The van der Waals surface area contributed by atoms with Crippen LogP contribution in [0.5, 0.6) is 23.0 Å². The molecule has 0 radical (unpaired) electrons. The van der Waals surface area contributed by atoms with E-state index in [9.17, 15) is 15.0 Å². The maximum Gasteiger partial charge on any atom is 0.335 e. The molecule has 0 aliphatic rings. The Labute approximate surface area is 189 Å². The molecule has 2 aromatic rings. The van der Waals surface area contributed by atoms with Gasteiger partial charge in [0.25, 0.3) is 0 Å². The number of carbonyl (C=O) groups is 1. The fourth-order valence-electron chi connectivity index (χ4n) is 3.31. The summed E-state index contributed by atoms with van der Waals surface area (Å²) in [5.41, 5.74) is 1.18. The van der Waals surface area contributed by atoms with Crippen LogP contribution in [0.4, 0.5) is 0 Å². The molecular formula is C25H34O7. The first-order valence-corrected chi connectivity index (χ1v) is 10.7. The van der Waals surface area contributed by atoms with Crippen LogP contribution in [0.25, 0.3) is 0 Å². The quantitative estimate of drug-likeness (QED) is 0.412. The highest BCUT2D eigenvalue weighted by Crippen LogP contribution is 2.38. The molecular weight excluding hydrogens is 412 g/mol. The predicted octanol–water partition coefficient (Wildman–Crippen LogP) is 5.12. The lowest BCUT2D eigenvalue weighted by Gasteiger charge is -2.24. The number of benzene rings is 2. The number of aliphatic hydroxyl groups is 1. The number of carboxylic acids is 1. The van der Waals surface area contributed by atoms with Crippen LogP contribution >= 0.6 is 0 Å². The van der Waals surface area contributed by atoms with Gasteiger partial charge in [-0.3, -0.25) is 0 Å². The van der Waals surface area contributed by atoms with Crippen molar-refractivity contribution < 1.29 is 34.3 Å². The average molecular weight is 447 g/mol. The molecule has 7 nitrogen and oxygen atoms in total. The van der Waals surface area contributed by atoms with Gasteiger partial charge in [0.1, 0.15) is 11.5 Å². The minimum Gasteiger partial charge on any atom is -0.507 e. The molecule has 1 atom stereocenters. The zero-order chi connectivity index (χ0) is 23.9. The maximum absolute atomic E-state index is 11.1. The van der Waals surface area contributed by atoms with Crippen molar-refractivity contribution in [3.05, 3.63) is 47.0 Å². The van der Waals surface area contributed by atoms with Crippen LogP contribution in [0.15, 0.2) is 30.3 Å². The van der Waals surface area contributed by atoms with E-state index >= 15 is 0 Å². The molecule has 0 spiro atoms. The molecule has 0 aliphatic carbocycles. The van der Waals surface area contributed by atoms with E-state index in [1.165, 1.54) is 19.2 Å². The van der Waals surface area contributed by atoms with E-state index in [1.54, 1.807) is 25.1 Å². The van der Waals surface area contributed by atoms with Gasteiger partial charge in [0, 0.05) is 11.1 Å². The number of hydrogen-bond acceptors (Lipinski definition) is 6. The minimum absolute atomic E-state index is 0.0596. The first-order chi connectivity index (χ1) is 15.0. The molecule has 0 bridgehead atoms. The number of rotatable bonds is 11. The fraction of sp³-hybridized carbons (Fsp3) is 0.480. The summed E-state index contributed by atoms with van der Waals surface area (Å²) in [7, 11) is 1.50. The molecule has 7 heteroatoms. The van der Waals surface area contributed by atoms with Crippen LogP contribution in [0.1, 0.15) is 67.6 Å². The Morgan fingerprint density at radius 1 is 1.00 bits per heavy atom. The summed E-state index contributed by atoms with van der Waals surface area (Å²) in [6.45, 7) is 8.70. The summed E-state index contributed by atoms with van der Waals surface area (Å²) in [6.07, 6.45) is 1.19. The van der Waals surface area contributed by atoms with Crippen molar-refractivity contribution in [3.63, 3.8) is 0 Å². The van der Waals surface area contributed by atoms with Gasteiger partial charge in [-0.1, -0.05) is 20.8 Å². The minimum atomic E-state index is -1.03. The van der Waals surface area contributed by atoms with Crippen LogP contribution in [0, 0.1) is 12.3 Å². The van der Waals surface area contributed by atoms with Crippen molar-refractivity contribution >= 4 is 5.97 Å². The summed E-state index contributed by atoms with van der Waals surface area (Å²) in [5, 5.41) is 30.1. The van der Waals surface area contributed by atoms with E-state index in [0.717, 1.165) is 0 Å². The van der Waals surface area contributed by atoms with E-state index in [2.05, 4.69) is 0 Å². The third kappa shape index (κ3) is 7.05. The number of carboxylic acid groups (broad SMARTS) is 1. The lowest BCUT2D eigenvalue weighted by atomic mass is 9.86. The number of aliphatic hydroxyl groups excluding tert-OH is 1. The van der Waals surface area contributed by atoms with E-state index in [4.69, 9.17) is 19.3 Å². The highest BCUT2D eigenvalue weighted by Gasteiger charge is 2.22. The van der Waals surface area contributed by atoms with Crippen LogP contribution in [0.3, 0.4) is 0 Å². The number of phenols is 1. The molecule has 2 rings (SSSR count). The highest BCUT2D eigenvalue weighted by atomic mass is 16.5. The molecule has 0 aliphatic heterocycles. The lowest BCUT2D eigenvalue weighted by Crippen LogP contribution is -2.12. The number of unbranched alkanes of at least 4 members (excludes halogenated alkanes) is 1. The van der Waals surface area contributed by atoms with Gasteiger partial charge in [-0.05, 0) is 61.9 Å². The monoisotopic (exact) mass is 446 g/mol. The Morgan fingerprint density at radius 2 is 1.59 bits per heavy atom. The Balaban J connectivity index is 1.85. The van der Waals surface area contributed by atoms with Crippen molar-refractivity contribution in [1.82, 2.24) is 0 Å². The third-order valence-electron chi connectivity index (χ3n) is 5.04. The number of methoxy groups -OCH3 is 1. The molecule has 2 aromatic carbocycles. The highest BCUT2D eigenvalue weighted by molar-refractivity contribution is 5.88. The molecule has 32 heavy (non-hydrogen) atoms. The van der Waals surface area contributed by atoms with Gasteiger partial charge in [0.15, 0.2) is 11.5 Å². The summed E-state index contributed by atoms with van der Waals surface area (Å²) in [4.78, 5) is 11.1. The second-order valence-corrected chi connectivity index (χ2v) is 8.98. The maximum atomic E-state index is 11.1. The molecule has 176 valence electrons. The molecule has 1 unspecified atom stereocenters. The molecule has 0 saturated carbocycles. The largest absolute Gasteiger partial charge is 0.507 e. The molecule has 0 aromatic heterocycles. The van der Waals surface area contributed by atoms with Gasteiger partial charge in [-0.2, -0.15) is 0 Å². The standard InChI is InChI=1S/C25H34O7/c1-16-20(11-9-18(23(16)27)19(26)15-25(2,3)4)31-12-6-7-13-32-22-14-17(24(28)29)8-10-21(22)30-5/h8-11,14,19,26-27H,6-7,12-13,15H2,1-5H3,(H,28,29). The number of ether oxygens (including phenoxy) is 3. The van der Waals surface area contributed by atoms with E-state index in [1.807, 2.05) is 20.8 Å². The SMILES string of the molecule is COc1ccc(C(=O)O)cc1OCCCCOc1ccc(C(O)CC(C)(C)C)c(O)c1C. The Hall–Kier alpha value is -2.93. The summed E-state index contributed by atoms with van der Waals surface area (Å²) in [6, 6.07) is 7.96. The average Bonchev–Trinajstić information content (AvgIpc) is 2.71. The van der Waals surface area contributed by atoms with Crippen molar-refractivity contribution in [2.75, 3.05) is 20.3 Å². The second kappa shape index (κ2) is 11.1. The Kier molecular flexibility index (Phi) is 8.78. The Morgan fingerprint density at radius 3 is 2.16 bits per heavy atom. The van der Waals surface area contributed by atoms with Crippen molar-refractivity contribution in [3.8, 4) is 23.0 Å². The van der Waals surface area contributed by atoms with Crippen LogP contribution < -0.4 is 14.2 Å². The number of aromatic carboxylic acids is 1. The van der Waals surface area contributed by atoms with E-state index < -0.39 is 12.1 Å². The van der Waals surface area contributed by atoms with Crippen LogP contribution in [-0.4, -0.2) is 41.6 Å². The molecule has 0 amide bonds. The van der Waals surface area contributed by atoms with Crippen LogP contribution in [-0.2, 0) is 0 Å². The Bertz CT molecular complexity index is 915. The van der Waals surface area contributed by atoms with Gasteiger partial charge < -0.3 is 29.5 Å². The van der Waals surface area contributed by atoms with Crippen molar-refractivity contribution in [2.24, 2.45) is 5.41 Å². The third-order valence-corrected chi connectivity index (χ3v) is 5.04. The van der Waals surface area contributed by atoms with E-state index in [0.29, 0.717) is 60.9 Å². The first-order valence-electron chi connectivity index (χ1n) is 10.7. The smallest absolute Gasteiger partial charge is 0.335 e. The number of phenolic OH excluding ortho intramolecular Hbond substituents is 1. The van der Waals surface area contributed by atoms with Gasteiger partial charge in [-0.15, -0.1) is 0 Å². The molecule has 0 fully saturated rings. The van der Waals surface area contributed by atoms with Gasteiger partial charge in [0.05, 0.1) is 32.0 Å². The van der Waals surface area contributed by atoms with Gasteiger partial charge in [-0.25, -0.2) is 4.79 Å². The van der Waals surface area contributed by atoms with Gasteiger partial charge >= 0.3 is 5.97 Å². The summed E-state index contributed by atoms with van der Waals surface area (Å²) < 4.78 is 16.7. The molecule has 0 saturated heterocycles. The second-order valence-electron chi connectivity index (χ2n) is 8.98. The van der Waals surface area contributed by atoms with E-state index in [-0.39, 0.29) is 16.7 Å². The molecule has 3 N–H and O–H groups in total. The zero-order valence-electron chi connectivity index (χ0n) is 19.5. The predicted molar refractivity (Wildman–Crippen MR) is 122 cm³/mol. The topological polar surface area (TPSA) is 105 Å². The summed E-state index contributed by atoms with van der Waals surface area (Å²) >= 11 is 0. The van der Waals surface area contributed by atoms with Crippen molar-refractivity contribution in [2.45, 2.75) is 53.1 Å². The normalized spacial score (nSPS) is 12.3. The number of aromatic hydroxyl groups is 1.